The fraction of sp³-hybridized carbons (Fsp3) is 0.413. The minimum absolute atomic E-state index is 0.0356. The number of nitrogens with zero attached hydrogens (tertiary/aromatic N) is 1. The van der Waals surface area contributed by atoms with Crippen LogP contribution in [0.3, 0.4) is 0 Å². The van der Waals surface area contributed by atoms with Gasteiger partial charge in [-0.15, -0.1) is 11.3 Å². The van der Waals surface area contributed by atoms with Gasteiger partial charge in [-0.05, 0) is 215 Å². The minimum Gasteiger partial charge on any atom is -0.455 e. The lowest BCUT2D eigenvalue weighted by atomic mass is 9.61. The Kier molecular flexibility index (Phi) is 10.8. The van der Waals surface area contributed by atoms with Gasteiger partial charge in [-0.25, -0.2) is 0 Å². The standard InChI is InChI=1S/C75H83BN2OS/c1-68(2,3)42-22-24-43(25-23-42)77-59-40-53-46(47-36-55-57(39-52(47)75(53,16)17)73(12,13)32-30-71(55,8)9)35-49(59)63-64-60(38-48-45-20-18-19-21-61(45)79-66(48)63)78(44-26-27-51-54(34-44)70(6,7)29-28-69(51,4)5)65-50-37-56-58(41-62(50)80-67(65)76-64)74(14,15)33-31-72(56,10)11/h18-27,34-41,76-77H,28-33H2,1-17H3. The molecule has 80 heavy (non-hydrogen) atoms. The number of hydrogen-bond donors (Lipinski definition) is 1. The normalized spacial score (nSPS) is 20.0. The van der Waals surface area contributed by atoms with Gasteiger partial charge in [-0.3, -0.25) is 0 Å². The molecule has 0 bridgehead atoms. The molecule has 14 rings (SSSR count). The van der Waals surface area contributed by atoms with Crippen LogP contribution in [0.15, 0.2) is 114 Å². The second kappa shape index (κ2) is 16.6. The third-order valence-electron chi connectivity index (χ3n) is 21.4. The molecule has 0 amide bonds. The Balaban J connectivity index is 1.10. The fourth-order valence-electron chi connectivity index (χ4n) is 15.7. The van der Waals surface area contributed by atoms with E-state index in [4.69, 9.17) is 4.42 Å². The van der Waals surface area contributed by atoms with Gasteiger partial charge in [0, 0.05) is 60.2 Å². The number of anilines is 5. The van der Waals surface area contributed by atoms with Gasteiger partial charge < -0.3 is 14.6 Å². The zero-order chi connectivity index (χ0) is 56.4. The first-order chi connectivity index (χ1) is 37.5. The van der Waals surface area contributed by atoms with Gasteiger partial charge in [-0.1, -0.05) is 160 Å². The number of rotatable bonds is 4. The molecule has 0 atom stereocenters. The van der Waals surface area contributed by atoms with Crippen LogP contribution < -0.4 is 20.5 Å². The number of thiophene rings is 1. The van der Waals surface area contributed by atoms with E-state index in [0.29, 0.717) is 0 Å². The second-order valence-electron chi connectivity index (χ2n) is 31.0. The van der Waals surface area contributed by atoms with Crippen molar-refractivity contribution in [2.24, 2.45) is 0 Å². The average molecular weight is 1070 g/mol. The van der Waals surface area contributed by atoms with Gasteiger partial charge in [0.25, 0.3) is 0 Å². The van der Waals surface area contributed by atoms with E-state index in [9.17, 15) is 0 Å². The lowest BCUT2D eigenvalue weighted by Gasteiger charge is -2.43. The van der Waals surface area contributed by atoms with Crippen LogP contribution in [0.4, 0.5) is 28.4 Å². The van der Waals surface area contributed by atoms with E-state index in [-0.39, 0.29) is 43.3 Å². The first kappa shape index (κ1) is 52.1. The molecule has 0 unspecified atom stereocenters. The molecule has 0 saturated carbocycles. The molecule has 4 aliphatic carbocycles. The van der Waals surface area contributed by atoms with Crippen molar-refractivity contribution in [2.75, 3.05) is 10.2 Å². The minimum atomic E-state index is -0.229. The second-order valence-corrected chi connectivity index (χ2v) is 32.1. The van der Waals surface area contributed by atoms with Crippen molar-refractivity contribution in [2.45, 2.75) is 200 Å². The molecule has 0 fully saturated rings. The third-order valence-corrected chi connectivity index (χ3v) is 22.6. The Labute approximate surface area is 482 Å². The van der Waals surface area contributed by atoms with Gasteiger partial charge in [0.2, 0.25) is 7.28 Å². The predicted octanol–water partition coefficient (Wildman–Crippen LogP) is 20.0. The number of nitrogens with one attached hydrogen (secondary N) is 1. The highest BCUT2D eigenvalue weighted by molar-refractivity contribution is 7.29. The SMILES string of the molecule is CC(C)(C)c1ccc(Nc2cc3c(cc2-c2c4c(cc5c2oc2ccccc25)N(c2ccc5c(c2)C(C)(C)CCC5(C)C)c2c(sc5cc6c(cc25)C(C)(C)CCC6(C)C)B4)-c2cc4c(cc2C3(C)C)C(C)(C)CCC4(C)C)cc1. The van der Waals surface area contributed by atoms with E-state index >= 15 is 0 Å². The van der Waals surface area contributed by atoms with Crippen LogP contribution in [-0.2, 0) is 43.3 Å². The smallest absolute Gasteiger partial charge is 0.211 e. The number of para-hydroxylation sites is 1. The van der Waals surface area contributed by atoms with Crippen LogP contribution in [0.2, 0.25) is 0 Å². The first-order valence-corrected chi connectivity index (χ1v) is 31.1. The molecule has 3 heterocycles. The van der Waals surface area contributed by atoms with Crippen LogP contribution >= 0.6 is 11.3 Å². The highest BCUT2D eigenvalue weighted by Gasteiger charge is 2.45. The van der Waals surface area contributed by atoms with E-state index in [1.54, 1.807) is 0 Å². The van der Waals surface area contributed by atoms with Crippen LogP contribution in [0.5, 0.6) is 0 Å². The van der Waals surface area contributed by atoms with Gasteiger partial charge in [0.1, 0.15) is 11.2 Å². The van der Waals surface area contributed by atoms with Crippen molar-refractivity contribution in [1.29, 1.82) is 0 Å². The summed E-state index contributed by atoms with van der Waals surface area (Å²) in [5, 5.41) is 7.84. The summed E-state index contributed by atoms with van der Waals surface area (Å²) in [5.41, 5.74) is 27.8. The third kappa shape index (κ3) is 7.56. The Hall–Kier alpha value is -6.04. The quantitative estimate of drug-likeness (QED) is 0.178. The highest BCUT2D eigenvalue weighted by atomic mass is 32.1. The van der Waals surface area contributed by atoms with Crippen molar-refractivity contribution < 1.29 is 4.42 Å². The van der Waals surface area contributed by atoms with Gasteiger partial charge in [-0.2, -0.15) is 0 Å². The van der Waals surface area contributed by atoms with E-state index in [1.807, 2.05) is 11.3 Å². The van der Waals surface area contributed by atoms with E-state index in [1.165, 1.54) is 142 Å². The van der Waals surface area contributed by atoms with Crippen LogP contribution in [0.25, 0.3) is 54.3 Å². The summed E-state index contributed by atoms with van der Waals surface area (Å²) in [7, 11) is 0.791. The van der Waals surface area contributed by atoms with Crippen LogP contribution in [0.1, 0.15) is 206 Å². The molecule has 3 nitrogen and oxygen atoms in total. The van der Waals surface area contributed by atoms with Crippen LogP contribution in [0, 0.1) is 0 Å². The molecule has 0 spiro atoms. The lowest BCUT2D eigenvalue weighted by Crippen LogP contribution is -2.40. The molecule has 2 aromatic heterocycles. The molecule has 1 N–H and O–H groups in total. The fourth-order valence-corrected chi connectivity index (χ4v) is 17.0. The van der Waals surface area contributed by atoms with Crippen molar-refractivity contribution in [3.05, 3.63) is 159 Å². The van der Waals surface area contributed by atoms with E-state index in [0.717, 1.165) is 47.0 Å². The Bertz CT molecular complexity index is 4140. The lowest BCUT2D eigenvalue weighted by molar-refractivity contribution is 0.331. The van der Waals surface area contributed by atoms with Gasteiger partial charge in [0.05, 0.1) is 5.69 Å². The number of fused-ring (bicyclic) bond motifs is 13. The van der Waals surface area contributed by atoms with E-state index < -0.39 is 0 Å². The maximum Gasteiger partial charge on any atom is 0.211 e. The summed E-state index contributed by atoms with van der Waals surface area (Å²) in [4.78, 5) is 2.73. The Morgan fingerprint density at radius 3 is 1.69 bits per heavy atom. The maximum atomic E-state index is 7.40. The summed E-state index contributed by atoms with van der Waals surface area (Å²) >= 11 is 2.02. The summed E-state index contributed by atoms with van der Waals surface area (Å²) in [6.07, 6.45) is 7.08. The molecule has 7 aromatic carbocycles. The van der Waals surface area contributed by atoms with Crippen molar-refractivity contribution >= 4 is 89.3 Å². The molecule has 0 saturated heterocycles. The van der Waals surface area contributed by atoms with Crippen LogP contribution in [-0.4, -0.2) is 7.28 Å². The summed E-state index contributed by atoms with van der Waals surface area (Å²) in [6.45, 7) is 41.5. The summed E-state index contributed by atoms with van der Waals surface area (Å²) in [6, 6.07) is 43.7. The molecule has 5 heteroatoms. The van der Waals surface area contributed by atoms with Gasteiger partial charge in [0.15, 0.2) is 0 Å². The molecule has 0 radical (unpaired) electrons. The zero-order valence-electron chi connectivity index (χ0n) is 51.1. The molecular weight excluding hydrogens is 988 g/mol. The predicted molar refractivity (Wildman–Crippen MR) is 347 cm³/mol. The van der Waals surface area contributed by atoms with Crippen molar-refractivity contribution in [3.8, 4) is 22.3 Å². The van der Waals surface area contributed by atoms with Gasteiger partial charge >= 0.3 is 0 Å². The number of hydrogen-bond acceptors (Lipinski definition) is 4. The molecule has 9 aromatic rings. The topological polar surface area (TPSA) is 28.4 Å². The van der Waals surface area contributed by atoms with E-state index in [2.05, 4.69) is 237 Å². The Morgan fingerprint density at radius 1 is 0.500 bits per heavy atom. The monoisotopic (exact) mass is 1070 g/mol. The molecular formula is C75H83BN2OS. The average Bonchev–Trinajstić information content (AvgIpc) is 4.23. The number of furan rings is 1. The summed E-state index contributed by atoms with van der Waals surface area (Å²) < 4.78 is 10.2. The molecule has 5 aliphatic rings. The van der Waals surface area contributed by atoms with Crippen molar-refractivity contribution in [3.63, 3.8) is 0 Å². The Morgan fingerprint density at radius 2 is 1.05 bits per heavy atom. The number of benzene rings is 7. The largest absolute Gasteiger partial charge is 0.455 e. The zero-order valence-corrected chi connectivity index (χ0v) is 51.9. The van der Waals surface area contributed by atoms with Crippen molar-refractivity contribution in [1.82, 2.24) is 0 Å². The molecule has 1 aliphatic heterocycles. The first-order valence-electron chi connectivity index (χ1n) is 30.2. The summed E-state index contributed by atoms with van der Waals surface area (Å²) in [5.74, 6) is 0. The highest BCUT2D eigenvalue weighted by Crippen LogP contribution is 2.59. The maximum absolute atomic E-state index is 7.40. The molecule has 408 valence electrons.